The summed E-state index contributed by atoms with van der Waals surface area (Å²) in [6, 6.07) is 16.1. The molecule has 0 bridgehead atoms. The summed E-state index contributed by atoms with van der Waals surface area (Å²) in [6.07, 6.45) is -7.97. The number of likely N-dealkylation sites (N-methyl/N-ethyl adjacent to an activating group) is 1. The fourth-order valence-electron chi connectivity index (χ4n) is 5.62. The molecule has 1 fully saturated rings. The van der Waals surface area contributed by atoms with Crippen LogP contribution in [0.2, 0.25) is 0 Å². The average molecular weight is 637 g/mol. The minimum atomic E-state index is -5.25. The zero-order chi connectivity index (χ0) is 32.2. The number of rotatable bonds is 8. The third kappa shape index (κ3) is 6.53. The summed E-state index contributed by atoms with van der Waals surface area (Å²) in [5.74, 6) is -1.89. The Kier molecular flexibility index (Phi) is 10.2. The number of nitrogens with zero attached hydrogens (tertiary/aromatic N) is 4. The minimum absolute atomic E-state index is 0.0360. The SMILES string of the molecule is C=O.COc1ccc(S(=O)(=O)N2c3ccccc3C(OC(=O)C(F)(F)F)C2N2CCN(CCN(C)C)CC2)c2ccccc12. The normalized spacial score (nSPS) is 19.4. The van der Waals surface area contributed by atoms with E-state index in [2.05, 4.69) is 9.80 Å². The van der Waals surface area contributed by atoms with Gasteiger partial charge < -0.3 is 19.2 Å². The summed E-state index contributed by atoms with van der Waals surface area (Å²) in [6.45, 7) is 5.48. The number of anilines is 1. The molecule has 2 heterocycles. The molecule has 2 atom stereocenters. The molecule has 0 aromatic heterocycles. The van der Waals surface area contributed by atoms with E-state index < -0.39 is 34.4 Å². The number of hydrogen-bond acceptors (Lipinski definition) is 9. The standard InChI is InChI=1S/C29H33F3N4O5S.CH2O/c1-33(2)14-15-34-16-18-35(19-17-34)27-26(41-28(37)29(30,31)32)22-10-6-7-11-23(22)36(27)42(38,39)25-13-12-24(40-3)20-8-4-5-9-21(20)25;1-2/h4-13,26-27H,14-19H2,1-3H3;1H2. The molecular formula is C30H35F3N4O6S. The summed E-state index contributed by atoms with van der Waals surface area (Å²) in [5, 5.41) is 0.969. The number of sulfonamides is 1. The van der Waals surface area contributed by atoms with Crippen LogP contribution in [0, 0.1) is 0 Å². The highest BCUT2D eigenvalue weighted by Crippen LogP contribution is 2.47. The van der Waals surface area contributed by atoms with Crippen molar-refractivity contribution in [1.29, 1.82) is 0 Å². The molecule has 3 aromatic carbocycles. The van der Waals surface area contributed by atoms with Crippen LogP contribution in [0.4, 0.5) is 18.9 Å². The maximum absolute atomic E-state index is 14.6. The quantitative estimate of drug-likeness (QED) is 0.344. The van der Waals surface area contributed by atoms with Crippen LogP contribution in [-0.4, -0.2) is 109 Å². The third-order valence-corrected chi connectivity index (χ3v) is 9.54. The molecule has 3 aromatic rings. The van der Waals surface area contributed by atoms with Gasteiger partial charge >= 0.3 is 12.1 Å². The summed E-state index contributed by atoms with van der Waals surface area (Å²) >= 11 is 0. The van der Waals surface area contributed by atoms with Crippen molar-refractivity contribution in [3.8, 4) is 5.75 Å². The molecule has 14 heteroatoms. The van der Waals surface area contributed by atoms with Gasteiger partial charge in [0, 0.05) is 55.6 Å². The molecule has 2 aliphatic rings. The van der Waals surface area contributed by atoms with Crippen LogP contribution < -0.4 is 9.04 Å². The number of esters is 1. The van der Waals surface area contributed by atoms with Crippen molar-refractivity contribution in [2.45, 2.75) is 23.3 Å². The number of alkyl halides is 3. The van der Waals surface area contributed by atoms with Gasteiger partial charge in [-0.3, -0.25) is 9.80 Å². The number of halogens is 3. The second kappa shape index (κ2) is 13.5. The summed E-state index contributed by atoms with van der Waals surface area (Å²) in [7, 11) is 1.03. The first kappa shape index (κ1) is 33.2. The van der Waals surface area contributed by atoms with Gasteiger partial charge in [0.2, 0.25) is 0 Å². The number of para-hydroxylation sites is 1. The van der Waals surface area contributed by atoms with E-state index in [4.69, 9.17) is 14.3 Å². The molecular weight excluding hydrogens is 601 g/mol. The monoisotopic (exact) mass is 636 g/mol. The van der Waals surface area contributed by atoms with Gasteiger partial charge in [0.25, 0.3) is 10.0 Å². The molecule has 0 aliphatic carbocycles. The second-order valence-corrected chi connectivity index (χ2v) is 12.4. The maximum atomic E-state index is 14.6. The number of fused-ring (bicyclic) bond motifs is 2. The van der Waals surface area contributed by atoms with Crippen molar-refractivity contribution in [3.05, 3.63) is 66.2 Å². The average Bonchev–Trinajstić information content (AvgIpc) is 3.35. The molecule has 2 aliphatic heterocycles. The van der Waals surface area contributed by atoms with Crippen molar-refractivity contribution in [3.63, 3.8) is 0 Å². The lowest BCUT2D eigenvalue weighted by Crippen LogP contribution is -2.58. The van der Waals surface area contributed by atoms with E-state index >= 15 is 0 Å². The number of carbonyl (C=O) groups is 2. The van der Waals surface area contributed by atoms with E-state index in [0.717, 1.165) is 17.4 Å². The maximum Gasteiger partial charge on any atom is 0.490 e. The highest BCUT2D eigenvalue weighted by Gasteiger charge is 2.53. The van der Waals surface area contributed by atoms with Crippen molar-refractivity contribution in [1.82, 2.24) is 14.7 Å². The van der Waals surface area contributed by atoms with Gasteiger partial charge in [0.05, 0.1) is 17.7 Å². The second-order valence-electron chi connectivity index (χ2n) is 10.6. The lowest BCUT2D eigenvalue weighted by atomic mass is 10.1. The van der Waals surface area contributed by atoms with E-state index in [1.165, 1.54) is 25.3 Å². The van der Waals surface area contributed by atoms with Crippen molar-refractivity contribution < 1.29 is 40.7 Å². The number of piperazine rings is 1. The molecule has 0 N–H and O–H groups in total. The lowest BCUT2D eigenvalue weighted by Gasteiger charge is -2.42. The first-order valence-corrected chi connectivity index (χ1v) is 15.2. The molecule has 0 spiro atoms. The molecule has 238 valence electrons. The molecule has 44 heavy (non-hydrogen) atoms. The smallest absolute Gasteiger partial charge is 0.490 e. The van der Waals surface area contributed by atoms with Crippen LogP contribution in [-0.2, 0) is 24.3 Å². The van der Waals surface area contributed by atoms with Crippen LogP contribution in [0.15, 0.2) is 65.6 Å². The van der Waals surface area contributed by atoms with Crippen LogP contribution in [0.3, 0.4) is 0 Å². The zero-order valence-corrected chi connectivity index (χ0v) is 25.5. The predicted octanol–water partition coefficient (Wildman–Crippen LogP) is 3.52. The van der Waals surface area contributed by atoms with Crippen molar-refractivity contribution >= 4 is 39.2 Å². The molecule has 0 saturated carbocycles. The fourth-order valence-corrected chi connectivity index (χ4v) is 7.48. The first-order valence-electron chi connectivity index (χ1n) is 13.8. The van der Waals surface area contributed by atoms with Gasteiger partial charge in [0.1, 0.15) is 18.7 Å². The number of benzene rings is 3. The van der Waals surface area contributed by atoms with Gasteiger partial charge in [-0.15, -0.1) is 0 Å². The highest BCUT2D eigenvalue weighted by atomic mass is 32.2. The number of methoxy groups -OCH3 is 1. The van der Waals surface area contributed by atoms with E-state index in [1.54, 1.807) is 47.4 Å². The van der Waals surface area contributed by atoms with Gasteiger partial charge in [-0.2, -0.15) is 13.2 Å². The van der Waals surface area contributed by atoms with Crippen molar-refractivity contribution in [2.24, 2.45) is 0 Å². The highest BCUT2D eigenvalue weighted by molar-refractivity contribution is 7.93. The summed E-state index contributed by atoms with van der Waals surface area (Å²) in [5.41, 5.74) is 0.356. The third-order valence-electron chi connectivity index (χ3n) is 7.70. The topological polar surface area (TPSA) is 99.7 Å². The van der Waals surface area contributed by atoms with Gasteiger partial charge in [-0.25, -0.2) is 17.5 Å². The summed E-state index contributed by atoms with van der Waals surface area (Å²) in [4.78, 5) is 26.2. The van der Waals surface area contributed by atoms with E-state index in [9.17, 15) is 26.4 Å². The Bertz CT molecular complexity index is 1580. The molecule has 10 nitrogen and oxygen atoms in total. The Morgan fingerprint density at radius 1 is 0.955 bits per heavy atom. The van der Waals surface area contributed by atoms with Crippen LogP contribution in [0.5, 0.6) is 5.75 Å². The van der Waals surface area contributed by atoms with E-state index in [0.29, 0.717) is 42.7 Å². The van der Waals surface area contributed by atoms with Crippen LogP contribution in [0.25, 0.3) is 10.8 Å². The van der Waals surface area contributed by atoms with Crippen molar-refractivity contribution in [2.75, 3.05) is 64.8 Å². The predicted molar refractivity (Wildman–Crippen MR) is 159 cm³/mol. The minimum Gasteiger partial charge on any atom is -0.496 e. The molecule has 5 rings (SSSR count). The number of ether oxygens (including phenoxy) is 2. The van der Waals surface area contributed by atoms with E-state index in [1.807, 2.05) is 20.9 Å². The first-order chi connectivity index (χ1) is 20.9. The zero-order valence-electron chi connectivity index (χ0n) is 24.7. The Morgan fingerprint density at radius 2 is 1.57 bits per heavy atom. The van der Waals surface area contributed by atoms with Gasteiger partial charge in [0.15, 0.2) is 6.10 Å². The molecule has 0 radical (unpaired) electrons. The summed E-state index contributed by atoms with van der Waals surface area (Å²) < 4.78 is 81.2. The van der Waals surface area contributed by atoms with Crippen LogP contribution >= 0.6 is 0 Å². The number of carbonyl (C=O) groups excluding carboxylic acids is 2. The molecule has 1 saturated heterocycles. The van der Waals surface area contributed by atoms with Gasteiger partial charge in [-0.05, 0) is 32.3 Å². The van der Waals surface area contributed by atoms with Crippen LogP contribution in [0.1, 0.15) is 11.7 Å². The number of hydrogen-bond donors (Lipinski definition) is 0. The molecule has 0 amide bonds. The Hall–Kier alpha value is -3.72. The Labute approximate surface area is 254 Å². The van der Waals surface area contributed by atoms with E-state index in [-0.39, 0.29) is 16.1 Å². The largest absolute Gasteiger partial charge is 0.496 e. The fraction of sp³-hybridized carbons (Fsp3) is 0.400. The Morgan fingerprint density at radius 3 is 2.18 bits per heavy atom. The molecule has 2 unspecified atom stereocenters. The van der Waals surface area contributed by atoms with Gasteiger partial charge in [-0.1, -0.05) is 42.5 Å². The Balaban J connectivity index is 0.00000216. The lowest BCUT2D eigenvalue weighted by molar-refractivity contribution is -0.207.